The van der Waals surface area contributed by atoms with Gasteiger partial charge in [-0.05, 0) is 62.8 Å². The van der Waals surface area contributed by atoms with Gasteiger partial charge in [0, 0.05) is 5.71 Å². The van der Waals surface area contributed by atoms with Crippen LogP contribution in [0.4, 0.5) is 13.2 Å². The number of halogens is 3. The minimum absolute atomic E-state index is 0.100. The zero-order chi connectivity index (χ0) is 15.1. The fourth-order valence-electron chi connectivity index (χ4n) is 2.89. The summed E-state index contributed by atoms with van der Waals surface area (Å²) in [5, 5.41) is 0. The Morgan fingerprint density at radius 2 is 1.90 bits per heavy atom. The molecule has 0 bridgehead atoms. The first-order valence-electron chi connectivity index (χ1n) is 6.94. The second kappa shape index (κ2) is 4.90. The molecule has 0 saturated heterocycles. The van der Waals surface area contributed by atoms with Gasteiger partial charge in [-0.15, -0.1) is 0 Å². The van der Waals surface area contributed by atoms with E-state index < -0.39 is 11.7 Å². The first-order chi connectivity index (χ1) is 9.15. The molecule has 2 rings (SSSR count). The van der Waals surface area contributed by atoms with E-state index in [0.29, 0.717) is 12.0 Å². The van der Waals surface area contributed by atoms with Gasteiger partial charge in [0.25, 0.3) is 0 Å². The minimum atomic E-state index is -4.29. The normalized spacial score (nSPS) is 18.2. The van der Waals surface area contributed by atoms with Gasteiger partial charge in [0.05, 0.1) is 11.1 Å². The van der Waals surface area contributed by atoms with Crippen molar-refractivity contribution in [2.24, 2.45) is 4.99 Å². The summed E-state index contributed by atoms with van der Waals surface area (Å²) >= 11 is 0. The molecule has 1 nitrogen and oxygen atoms in total. The fourth-order valence-corrected chi connectivity index (χ4v) is 2.89. The molecule has 1 aliphatic heterocycles. The van der Waals surface area contributed by atoms with Crippen LogP contribution in [-0.2, 0) is 12.6 Å². The lowest BCUT2D eigenvalue weighted by atomic mass is 9.91. The highest BCUT2D eigenvalue weighted by Crippen LogP contribution is 2.36. The van der Waals surface area contributed by atoms with Crippen LogP contribution in [0.1, 0.15) is 55.9 Å². The largest absolute Gasteiger partial charge is 0.416 e. The van der Waals surface area contributed by atoms with Crippen molar-refractivity contribution in [2.45, 2.75) is 58.7 Å². The van der Waals surface area contributed by atoms with E-state index in [9.17, 15) is 13.2 Å². The molecule has 1 aliphatic rings. The molecule has 0 aromatic heterocycles. The van der Waals surface area contributed by atoms with E-state index in [2.05, 4.69) is 18.8 Å². The number of rotatable bonds is 2. The Morgan fingerprint density at radius 1 is 1.25 bits per heavy atom. The maximum absolute atomic E-state index is 13.0. The van der Waals surface area contributed by atoms with Gasteiger partial charge in [0.15, 0.2) is 0 Å². The number of benzene rings is 1. The van der Waals surface area contributed by atoms with Crippen molar-refractivity contribution in [1.29, 1.82) is 0 Å². The molecule has 0 radical (unpaired) electrons. The van der Waals surface area contributed by atoms with Crippen molar-refractivity contribution in [1.82, 2.24) is 0 Å². The van der Waals surface area contributed by atoms with Gasteiger partial charge in [-0.25, -0.2) is 0 Å². The van der Waals surface area contributed by atoms with Crippen molar-refractivity contribution in [2.75, 3.05) is 0 Å². The average molecular weight is 283 g/mol. The monoisotopic (exact) mass is 283 g/mol. The molecule has 0 unspecified atom stereocenters. The maximum atomic E-state index is 13.0. The topological polar surface area (TPSA) is 12.4 Å². The predicted molar refractivity (Wildman–Crippen MR) is 75.4 cm³/mol. The smallest absolute Gasteiger partial charge is 0.283 e. The van der Waals surface area contributed by atoms with E-state index in [4.69, 9.17) is 0 Å². The molecule has 0 aliphatic carbocycles. The highest BCUT2D eigenvalue weighted by molar-refractivity contribution is 6.03. The molecule has 0 N–H and O–H groups in total. The Balaban J connectivity index is 2.55. The van der Waals surface area contributed by atoms with Gasteiger partial charge in [0.1, 0.15) is 0 Å². The summed E-state index contributed by atoms with van der Waals surface area (Å²) in [6, 6.07) is 2.78. The molecule has 110 valence electrons. The van der Waals surface area contributed by atoms with E-state index in [0.717, 1.165) is 29.7 Å². The Labute approximate surface area is 117 Å². The zero-order valence-electron chi connectivity index (χ0n) is 12.4. The van der Waals surface area contributed by atoms with E-state index >= 15 is 0 Å². The number of hydrogen-bond acceptors (Lipinski definition) is 1. The second-order valence-corrected chi connectivity index (χ2v) is 5.99. The SMILES string of the molecule is CCc1c(C2=NC(C)(C)CC2)ccc(C(F)(F)F)c1C. The summed E-state index contributed by atoms with van der Waals surface area (Å²) in [5.74, 6) is 0. The molecule has 0 saturated carbocycles. The molecule has 0 amide bonds. The molecule has 1 aromatic carbocycles. The third-order valence-corrected chi connectivity index (χ3v) is 3.98. The van der Waals surface area contributed by atoms with Gasteiger partial charge >= 0.3 is 6.18 Å². The Kier molecular flexibility index (Phi) is 3.69. The lowest BCUT2D eigenvalue weighted by molar-refractivity contribution is -0.138. The van der Waals surface area contributed by atoms with Crippen LogP contribution in [0.3, 0.4) is 0 Å². The lowest BCUT2D eigenvalue weighted by Crippen LogP contribution is -2.13. The van der Waals surface area contributed by atoms with Gasteiger partial charge in [0.2, 0.25) is 0 Å². The minimum Gasteiger partial charge on any atom is -0.283 e. The molecule has 20 heavy (non-hydrogen) atoms. The summed E-state index contributed by atoms with van der Waals surface area (Å²) in [7, 11) is 0. The van der Waals surface area contributed by atoms with Crippen LogP contribution in [-0.4, -0.2) is 11.3 Å². The summed E-state index contributed by atoms with van der Waals surface area (Å²) in [4.78, 5) is 4.67. The molecule has 0 atom stereocenters. The summed E-state index contributed by atoms with van der Waals surface area (Å²) in [5.41, 5.74) is 2.32. The van der Waals surface area contributed by atoms with Crippen LogP contribution in [0.25, 0.3) is 0 Å². The summed E-state index contributed by atoms with van der Waals surface area (Å²) in [6.07, 6.45) is -1.91. The second-order valence-electron chi connectivity index (χ2n) is 5.99. The van der Waals surface area contributed by atoms with Crippen LogP contribution in [0.5, 0.6) is 0 Å². The Bertz CT molecular complexity index is 554. The molecular weight excluding hydrogens is 263 g/mol. The van der Waals surface area contributed by atoms with E-state index in [1.807, 2.05) is 6.92 Å². The third kappa shape index (κ3) is 2.74. The lowest BCUT2D eigenvalue weighted by Gasteiger charge is -2.17. The van der Waals surface area contributed by atoms with Crippen LogP contribution in [0.15, 0.2) is 17.1 Å². The standard InChI is InChI=1S/C16H20F3N/c1-5-11-10(2)13(16(17,18)19)7-6-12(11)14-8-9-15(3,4)20-14/h6-7H,5,8-9H2,1-4H3. The van der Waals surface area contributed by atoms with Gasteiger partial charge in [-0.3, -0.25) is 4.99 Å². The quantitative estimate of drug-likeness (QED) is 0.729. The van der Waals surface area contributed by atoms with Crippen LogP contribution in [0.2, 0.25) is 0 Å². The number of alkyl halides is 3. The van der Waals surface area contributed by atoms with Gasteiger partial charge in [-0.2, -0.15) is 13.2 Å². The van der Waals surface area contributed by atoms with E-state index in [-0.39, 0.29) is 5.54 Å². The van der Waals surface area contributed by atoms with Crippen molar-refractivity contribution in [3.05, 3.63) is 34.4 Å². The highest BCUT2D eigenvalue weighted by atomic mass is 19.4. The first-order valence-corrected chi connectivity index (χ1v) is 6.94. The van der Waals surface area contributed by atoms with Gasteiger partial charge in [-0.1, -0.05) is 13.0 Å². The van der Waals surface area contributed by atoms with Crippen molar-refractivity contribution >= 4 is 5.71 Å². The molecule has 0 spiro atoms. The van der Waals surface area contributed by atoms with E-state index in [1.54, 1.807) is 13.0 Å². The zero-order valence-corrected chi connectivity index (χ0v) is 12.4. The van der Waals surface area contributed by atoms with Crippen LogP contribution < -0.4 is 0 Å². The molecule has 1 aromatic rings. The number of aliphatic imine (C=N–C) groups is 1. The number of hydrogen-bond donors (Lipinski definition) is 0. The fraction of sp³-hybridized carbons (Fsp3) is 0.562. The Morgan fingerprint density at radius 3 is 2.35 bits per heavy atom. The highest BCUT2D eigenvalue weighted by Gasteiger charge is 2.34. The van der Waals surface area contributed by atoms with Crippen LogP contribution in [0, 0.1) is 6.92 Å². The molecule has 1 heterocycles. The molecule has 4 heteroatoms. The Hall–Kier alpha value is -1.32. The summed E-state index contributed by atoms with van der Waals surface area (Å²) in [6.45, 7) is 7.57. The molecule has 0 fully saturated rings. The van der Waals surface area contributed by atoms with Crippen LogP contribution >= 0.6 is 0 Å². The first kappa shape index (κ1) is 15.1. The third-order valence-electron chi connectivity index (χ3n) is 3.98. The van der Waals surface area contributed by atoms with Crippen molar-refractivity contribution in [3.8, 4) is 0 Å². The molecular formula is C16H20F3N. The number of nitrogens with zero attached hydrogens (tertiary/aromatic N) is 1. The average Bonchev–Trinajstić information content (AvgIpc) is 2.67. The van der Waals surface area contributed by atoms with Crippen molar-refractivity contribution < 1.29 is 13.2 Å². The maximum Gasteiger partial charge on any atom is 0.416 e. The predicted octanol–water partition coefficient (Wildman–Crippen LogP) is 4.94. The van der Waals surface area contributed by atoms with E-state index in [1.165, 1.54) is 6.07 Å². The van der Waals surface area contributed by atoms with Gasteiger partial charge < -0.3 is 0 Å². The van der Waals surface area contributed by atoms with Crippen molar-refractivity contribution in [3.63, 3.8) is 0 Å². The summed E-state index contributed by atoms with van der Waals surface area (Å²) < 4.78 is 38.9.